The molecule has 0 saturated carbocycles. The predicted octanol–water partition coefficient (Wildman–Crippen LogP) is 7.21. The first-order valence-corrected chi connectivity index (χ1v) is 11.5. The SMILES string of the molecule is Cc1ccc([C@@H]2CC(c3ccco3)=NN2c2nc(-c3ccccc3)c3cc(Cl)ccc3n2)cc1. The van der Waals surface area contributed by atoms with Crippen molar-refractivity contribution >= 4 is 34.2 Å². The third kappa shape index (κ3) is 3.74. The highest BCUT2D eigenvalue weighted by atomic mass is 35.5. The molecule has 3 heterocycles. The number of benzene rings is 3. The molecule has 0 unspecified atom stereocenters. The number of hydrogen-bond donors (Lipinski definition) is 0. The van der Waals surface area contributed by atoms with Crippen molar-refractivity contribution in [1.29, 1.82) is 0 Å². The zero-order valence-corrected chi connectivity index (χ0v) is 19.3. The lowest BCUT2D eigenvalue weighted by molar-refractivity contribution is 0.556. The van der Waals surface area contributed by atoms with Gasteiger partial charge in [-0.2, -0.15) is 5.10 Å². The van der Waals surface area contributed by atoms with Crippen LogP contribution in [0.2, 0.25) is 5.02 Å². The summed E-state index contributed by atoms with van der Waals surface area (Å²) in [4.78, 5) is 9.93. The summed E-state index contributed by atoms with van der Waals surface area (Å²) >= 11 is 6.34. The van der Waals surface area contributed by atoms with Crippen molar-refractivity contribution in [3.05, 3.63) is 113 Å². The van der Waals surface area contributed by atoms with Crippen LogP contribution in [0.15, 0.2) is 101 Å². The maximum Gasteiger partial charge on any atom is 0.247 e. The molecule has 0 N–H and O–H groups in total. The molecule has 0 radical (unpaired) electrons. The van der Waals surface area contributed by atoms with E-state index < -0.39 is 0 Å². The summed E-state index contributed by atoms with van der Waals surface area (Å²) in [5.41, 5.74) is 5.88. The molecule has 5 nitrogen and oxygen atoms in total. The lowest BCUT2D eigenvalue weighted by atomic mass is 10.00. The lowest BCUT2D eigenvalue weighted by Crippen LogP contribution is -2.21. The molecule has 0 amide bonds. The third-order valence-electron chi connectivity index (χ3n) is 6.08. The molecule has 0 aliphatic carbocycles. The Balaban J connectivity index is 1.54. The Morgan fingerprint density at radius 2 is 1.74 bits per heavy atom. The summed E-state index contributed by atoms with van der Waals surface area (Å²) in [7, 11) is 0. The standard InChI is InChI=1S/C28H21ClN4O/c1-18-9-11-19(12-10-18)25-17-24(26-8-5-15-34-26)32-33(25)28-30-23-14-13-21(29)16-22(23)27(31-28)20-6-3-2-4-7-20/h2-16,25H,17H2,1H3/t25-/m0/s1. The second-order valence-electron chi connectivity index (χ2n) is 8.40. The monoisotopic (exact) mass is 464 g/mol. The van der Waals surface area contributed by atoms with E-state index in [0.29, 0.717) is 17.4 Å². The molecule has 2 aromatic heterocycles. The largest absolute Gasteiger partial charge is 0.463 e. The van der Waals surface area contributed by atoms with E-state index in [2.05, 4.69) is 31.2 Å². The molecule has 34 heavy (non-hydrogen) atoms. The smallest absolute Gasteiger partial charge is 0.247 e. The van der Waals surface area contributed by atoms with Gasteiger partial charge in [0, 0.05) is 22.4 Å². The Kier molecular flexibility index (Phi) is 5.12. The molecule has 166 valence electrons. The molecule has 1 atom stereocenters. The Morgan fingerprint density at radius 1 is 0.912 bits per heavy atom. The van der Waals surface area contributed by atoms with Gasteiger partial charge in [0.1, 0.15) is 11.5 Å². The van der Waals surface area contributed by atoms with Crippen molar-refractivity contribution in [1.82, 2.24) is 9.97 Å². The average molecular weight is 465 g/mol. The number of anilines is 1. The molecule has 6 rings (SSSR count). The Bertz CT molecular complexity index is 1500. The van der Waals surface area contributed by atoms with Crippen molar-refractivity contribution in [3.8, 4) is 11.3 Å². The van der Waals surface area contributed by atoms with E-state index in [9.17, 15) is 0 Å². The van der Waals surface area contributed by atoms with Crippen molar-refractivity contribution in [2.75, 3.05) is 5.01 Å². The minimum atomic E-state index is -0.0472. The van der Waals surface area contributed by atoms with Crippen LogP contribution in [-0.2, 0) is 0 Å². The van der Waals surface area contributed by atoms with Crippen molar-refractivity contribution in [3.63, 3.8) is 0 Å². The van der Waals surface area contributed by atoms with Crippen LogP contribution in [0.4, 0.5) is 5.95 Å². The van der Waals surface area contributed by atoms with Crippen LogP contribution < -0.4 is 5.01 Å². The third-order valence-corrected chi connectivity index (χ3v) is 6.31. The first-order chi connectivity index (χ1) is 16.7. The molecular weight excluding hydrogens is 444 g/mol. The van der Waals surface area contributed by atoms with Crippen molar-refractivity contribution in [2.45, 2.75) is 19.4 Å². The number of rotatable bonds is 4. The zero-order valence-electron chi connectivity index (χ0n) is 18.5. The summed E-state index contributed by atoms with van der Waals surface area (Å²) in [6, 6.07) is 28.1. The molecule has 0 saturated heterocycles. The summed E-state index contributed by atoms with van der Waals surface area (Å²) in [5, 5.41) is 8.42. The van der Waals surface area contributed by atoms with E-state index in [-0.39, 0.29) is 6.04 Å². The fraction of sp³-hybridized carbons (Fsp3) is 0.107. The van der Waals surface area contributed by atoms with Crippen LogP contribution in [0.1, 0.15) is 29.3 Å². The fourth-order valence-corrected chi connectivity index (χ4v) is 4.51. The Morgan fingerprint density at radius 3 is 2.50 bits per heavy atom. The second kappa shape index (κ2) is 8.43. The molecule has 0 fully saturated rings. The maximum atomic E-state index is 6.34. The molecule has 3 aromatic carbocycles. The number of furan rings is 1. The van der Waals surface area contributed by atoms with Crippen LogP contribution in [0.3, 0.4) is 0 Å². The van der Waals surface area contributed by atoms with Gasteiger partial charge in [0.05, 0.1) is 23.5 Å². The fourth-order valence-electron chi connectivity index (χ4n) is 4.34. The molecule has 0 spiro atoms. The average Bonchev–Trinajstić information content (AvgIpc) is 3.55. The van der Waals surface area contributed by atoms with E-state index in [4.69, 9.17) is 31.1 Å². The van der Waals surface area contributed by atoms with Crippen LogP contribution in [0, 0.1) is 6.92 Å². The highest BCUT2D eigenvalue weighted by Gasteiger charge is 2.33. The Labute approximate surface area is 202 Å². The van der Waals surface area contributed by atoms with Crippen LogP contribution in [0.5, 0.6) is 0 Å². The second-order valence-corrected chi connectivity index (χ2v) is 8.84. The van der Waals surface area contributed by atoms with Gasteiger partial charge in [-0.3, -0.25) is 0 Å². The van der Waals surface area contributed by atoms with Gasteiger partial charge in [-0.1, -0.05) is 71.8 Å². The summed E-state index contributed by atoms with van der Waals surface area (Å²) < 4.78 is 5.67. The summed E-state index contributed by atoms with van der Waals surface area (Å²) in [6.45, 7) is 2.09. The van der Waals surface area contributed by atoms with Crippen molar-refractivity contribution < 1.29 is 4.42 Å². The van der Waals surface area contributed by atoms with E-state index in [1.807, 2.05) is 65.7 Å². The van der Waals surface area contributed by atoms with Crippen LogP contribution in [0.25, 0.3) is 22.2 Å². The van der Waals surface area contributed by atoms with Gasteiger partial charge in [-0.25, -0.2) is 15.0 Å². The van der Waals surface area contributed by atoms with E-state index in [1.165, 1.54) is 5.56 Å². The van der Waals surface area contributed by atoms with E-state index >= 15 is 0 Å². The number of halogens is 1. The minimum absolute atomic E-state index is 0.0472. The number of nitrogens with zero attached hydrogens (tertiary/aromatic N) is 4. The highest BCUT2D eigenvalue weighted by Crippen LogP contribution is 2.38. The van der Waals surface area contributed by atoms with Gasteiger partial charge in [0.15, 0.2) is 0 Å². The highest BCUT2D eigenvalue weighted by molar-refractivity contribution is 6.31. The quantitative estimate of drug-likeness (QED) is 0.282. The first kappa shape index (κ1) is 20.6. The predicted molar refractivity (Wildman–Crippen MR) is 136 cm³/mol. The molecule has 5 aromatic rings. The topological polar surface area (TPSA) is 54.5 Å². The van der Waals surface area contributed by atoms with E-state index in [1.54, 1.807) is 6.26 Å². The molecule has 1 aliphatic heterocycles. The number of aromatic nitrogens is 2. The van der Waals surface area contributed by atoms with Gasteiger partial charge in [-0.05, 0) is 42.8 Å². The van der Waals surface area contributed by atoms with Gasteiger partial charge in [0.25, 0.3) is 0 Å². The normalized spacial score (nSPS) is 15.6. The van der Waals surface area contributed by atoms with Crippen LogP contribution >= 0.6 is 11.6 Å². The summed E-state index contributed by atoms with van der Waals surface area (Å²) in [5.74, 6) is 1.30. The Hall–Kier alpha value is -3.96. The van der Waals surface area contributed by atoms with Gasteiger partial charge >= 0.3 is 0 Å². The van der Waals surface area contributed by atoms with Crippen LogP contribution in [-0.4, -0.2) is 15.7 Å². The zero-order chi connectivity index (χ0) is 23.1. The molecular formula is C28H21ClN4O. The lowest BCUT2D eigenvalue weighted by Gasteiger charge is -2.23. The number of hydrazone groups is 1. The first-order valence-electron chi connectivity index (χ1n) is 11.2. The van der Waals surface area contributed by atoms with Crippen molar-refractivity contribution in [2.24, 2.45) is 5.10 Å². The maximum absolute atomic E-state index is 6.34. The number of aryl methyl sites for hydroxylation is 1. The number of hydrogen-bond acceptors (Lipinski definition) is 5. The minimum Gasteiger partial charge on any atom is -0.463 e. The number of fused-ring (bicyclic) bond motifs is 1. The summed E-state index contributed by atoms with van der Waals surface area (Å²) in [6.07, 6.45) is 2.37. The van der Waals surface area contributed by atoms with Gasteiger partial charge < -0.3 is 4.42 Å². The van der Waals surface area contributed by atoms with E-state index in [0.717, 1.165) is 39.2 Å². The molecule has 0 bridgehead atoms. The molecule has 1 aliphatic rings. The molecule has 6 heteroatoms. The van der Waals surface area contributed by atoms with Gasteiger partial charge in [-0.15, -0.1) is 0 Å². The van der Waals surface area contributed by atoms with Gasteiger partial charge in [0.2, 0.25) is 5.95 Å².